The van der Waals surface area contributed by atoms with Crippen molar-refractivity contribution in [1.82, 2.24) is 4.98 Å². The molecule has 0 aliphatic heterocycles. The minimum atomic E-state index is -0.342. The van der Waals surface area contributed by atoms with Crippen LogP contribution in [0.5, 0.6) is 5.75 Å². The Balaban J connectivity index is 1.48. The number of rotatable bonds is 5. The third-order valence-electron chi connectivity index (χ3n) is 5.71. The van der Waals surface area contributed by atoms with E-state index < -0.39 is 0 Å². The molecule has 0 saturated heterocycles. The third kappa shape index (κ3) is 1.86. The number of nitrogens with zero attached hydrogens (tertiary/aromatic N) is 1. The van der Waals surface area contributed by atoms with Crippen molar-refractivity contribution in [2.45, 2.75) is 38.7 Å². The number of fused-ring (bicyclic) bond motifs is 5. The summed E-state index contributed by atoms with van der Waals surface area (Å²) < 4.78 is 5.62. The molecule has 3 aliphatic carbocycles. The van der Waals surface area contributed by atoms with E-state index in [-0.39, 0.29) is 6.10 Å². The summed E-state index contributed by atoms with van der Waals surface area (Å²) in [5.74, 6) is 4.67. The molecule has 1 heterocycles. The van der Waals surface area contributed by atoms with E-state index in [9.17, 15) is 5.11 Å². The van der Waals surface area contributed by atoms with Crippen molar-refractivity contribution in [2.24, 2.45) is 29.6 Å². The first-order chi connectivity index (χ1) is 9.79. The summed E-state index contributed by atoms with van der Waals surface area (Å²) in [6.07, 6.45) is 8.41. The first-order valence-corrected chi connectivity index (χ1v) is 8.05. The maximum atomic E-state index is 10.7. The molecule has 3 saturated carbocycles. The van der Waals surface area contributed by atoms with Crippen molar-refractivity contribution >= 4 is 0 Å². The molecule has 3 nitrogen and oxygen atoms in total. The quantitative estimate of drug-likeness (QED) is 0.896. The van der Waals surface area contributed by atoms with Crippen LogP contribution in [0.2, 0.25) is 0 Å². The number of pyridine rings is 1. The monoisotopic (exact) mass is 273 g/mol. The van der Waals surface area contributed by atoms with Crippen LogP contribution in [-0.4, -0.2) is 16.7 Å². The Morgan fingerprint density at radius 2 is 2.05 bits per heavy atom. The maximum absolute atomic E-state index is 10.7. The van der Waals surface area contributed by atoms with Crippen LogP contribution in [0.4, 0.5) is 0 Å². The van der Waals surface area contributed by atoms with Gasteiger partial charge in [0, 0.05) is 11.8 Å². The van der Waals surface area contributed by atoms with E-state index in [2.05, 4.69) is 11.9 Å². The van der Waals surface area contributed by atoms with Gasteiger partial charge in [-0.1, -0.05) is 6.92 Å². The van der Waals surface area contributed by atoms with Gasteiger partial charge in [-0.3, -0.25) is 4.98 Å². The molecule has 0 radical (unpaired) electrons. The fourth-order valence-corrected chi connectivity index (χ4v) is 4.93. The van der Waals surface area contributed by atoms with Crippen molar-refractivity contribution in [2.75, 3.05) is 6.61 Å². The summed E-state index contributed by atoms with van der Waals surface area (Å²) in [7, 11) is 0. The van der Waals surface area contributed by atoms with Gasteiger partial charge in [0.1, 0.15) is 5.75 Å². The Kier molecular flexibility index (Phi) is 2.99. The molecule has 0 amide bonds. The highest BCUT2D eigenvalue weighted by Gasteiger charge is 2.66. The van der Waals surface area contributed by atoms with Gasteiger partial charge in [0.25, 0.3) is 0 Å². The van der Waals surface area contributed by atoms with Gasteiger partial charge in [-0.15, -0.1) is 0 Å². The molecule has 1 aromatic heterocycles. The van der Waals surface area contributed by atoms with E-state index in [0.29, 0.717) is 12.5 Å². The van der Waals surface area contributed by atoms with Crippen molar-refractivity contribution in [3.05, 3.63) is 24.0 Å². The summed E-state index contributed by atoms with van der Waals surface area (Å²) in [5.41, 5.74) is 0.942. The Morgan fingerprint density at radius 1 is 1.30 bits per heavy atom. The minimum absolute atomic E-state index is 0.342. The normalized spacial score (nSPS) is 38.6. The van der Waals surface area contributed by atoms with E-state index in [1.54, 1.807) is 12.4 Å². The summed E-state index contributed by atoms with van der Waals surface area (Å²) in [5, 5.41) is 10.7. The molecule has 2 bridgehead atoms. The zero-order valence-corrected chi connectivity index (χ0v) is 12.0. The fraction of sp³-hybridized carbons (Fsp3) is 0.706. The number of aliphatic hydroxyl groups excluding tert-OH is 1. The van der Waals surface area contributed by atoms with Crippen LogP contribution in [0.3, 0.4) is 0 Å². The minimum Gasteiger partial charge on any atom is -0.492 e. The first kappa shape index (κ1) is 12.6. The highest BCUT2D eigenvalue weighted by Crippen LogP contribution is 2.72. The van der Waals surface area contributed by atoms with Crippen LogP contribution in [0, 0.1) is 29.6 Å². The summed E-state index contributed by atoms with van der Waals surface area (Å²) in [6.45, 7) is 2.80. The largest absolute Gasteiger partial charge is 0.492 e. The second-order valence-electron chi connectivity index (χ2n) is 6.81. The molecular formula is C17H23NO2. The molecule has 1 aromatic rings. The number of aromatic nitrogens is 1. The molecular weight excluding hydrogens is 250 g/mol. The van der Waals surface area contributed by atoms with Gasteiger partial charge in [-0.05, 0) is 61.3 Å². The van der Waals surface area contributed by atoms with Crippen LogP contribution in [0.15, 0.2) is 18.5 Å². The average Bonchev–Trinajstić information content (AvgIpc) is 2.91. The second kappa shape index (κ2) is 4.73. The second-order valence-corrected chi connectivity index (χ2v) is 6.81. The molecule has 5 unspecified atom stereocenters. The molecule has 3 fully saturated rings. The van der Waals surface area contributed by atoms with E-state index in [1.165, 1.54) is 19.3 Å². The molecule has 0 spiro atoms. The van der Waals surface area contributed by atoms with Crippen LogP contribution < -0.4 is 4.74 Å². The molecule has 3 heteroatoms. The lowest BCUT2D eigenvalue weighted by Gasteiger charge is -2.16. The predicted octanol–water partition coefficient (Wildman–Crippen LogP) is 3.20. The number of ether oxygens (including phenoxy) is 1. The average molecular weight is 273 g/mol. The molecule has 5 atom stereocenters. The zero-order chi connectivity index (χ0) is 13.7. The topological polar surface area (TPSA) is 42.4 Å². The number of hydrogen-bond donors (Lipinski definition) is 1. The number of hydrogen-bond acceptors (Lipinski definition) is 3. The molecule has 3 aliphatic rings. The summed E-state index contributed by atoms with van der Waals surface area (Å²) >= 11 is 0. The Hall–Kier alpha value is -1.09. The van der Waals surface area contributed by atoms with Gasteiger partial charge >= 0.3 is 0 Å². The van der Waals surface area contributed by atoms with Crippen molar-refractivity contribution in [1.29, 1.82) is 0 Å². The highest BCUT2D eigenvalue weighted by atomic mass is 16.5. The first-order valence-electron chi connectivity index (χ1n) is 8.05. The molecule has 108 valence electrons. The van der Waals surface area contributed by atoms with Crippen LogP contribution in [0.1, 0.15) is 44.3 Å². The SMILES string of the molecule is CCCOc1cncc(C(O)C2C3C4CCC(C4)C32)c1. The number of aliphatic hydroxyl groups is 1. The lowest BCUT2D eigenvalue weighted by Crippen LogP contribution is -2.09. The standard InChI is InChI=1S/C17H23NO2/c1-2-5-20-13-7-12(8-18-9-13)17(19)16-14-10-3-4-11(6-10)15(14)16/h7-11,14-17,19H,2-6H2,1H3. The van der Waals surface area contributed by atoms with Crippen LogP contribution in [-0.2, 0) is 0 Å². The maximum Gasteiger partial charge on any atom is 0.137 e. The Morgan fingerprint density at radius 3 is 2.75 bits per heavy atom. The predicted molar refractivity (Wildman–Crippen MR) is 76.3 cm³/mol. The summed E-state index contributed by atoms with van der Waals surface area (Å²) in [6, 6.07) is 1.98. The van der Waals surface area contributed by atoms with Gasteiger partial charge in [0.15, 0.2) is 0 Å². The van der Waals surface area contributed by atoms with E-state index in [4.69, 9.17) is 4.74 Å². The molecule has 4 rings (SSSR count). The van der Waals surface area contributed by atoms with E-state index in [0.717, 1.165) is 41.4 Å². The Labute approximate surface area is 120 Å². The van der Waals surface area contributed by atoms with Gasteiger partial charge in [-0.25, -0.2) is 0 Å². The van der Waals surface area contributed by atoms with E-state index in [1.807, 2.05) is 6.07 Å². The summed E-state index contributed by atoms with van der Waals surface area (Å²) in [4.78, 5) is 4.23. The van der Waals surface area contributed by atoms with E-state index >= 15 is 0 Å². The molecule has 1 N–H and O–H groups in total. The van der Waals surface area contributed by atoms with Crippen LogP contribution >= 0.6 is 0 Å². The van der Waals surface area contributed by atoms with Crippen LogP contribution in [0.25, 0.3) is 0 Å². The molecule has 20 heavy (non-hydrogen) atoms. The van der Waals surface area contributed by atoms with Crippen molar-refractivity contribution < 1.29 is 9.84 Å². The fourth-order valence-electron chi connectivity index (χ4n) is 4.93. The smallest absolute Gasteiger partial charge is 0.137 e. The molecule has 0 aromatic carbocycles. The highest BCUT2D eigenvalue weighted by molar-refractivity contribution is 5.28. The van der Waals surface area contributed by atoms with Gasteiger partial charge in [0.05, 0.1) is 18.9 Å². The Bertz CT molecular complexity index is 488. The lowest BCUT2D eigenvalue weighted by atomic mass is 9.96. The lowest BCUT2D eigenvalue weighted by molar-refractivity contribution is 0.129. The van der Waals surface area contributed by atoms with Gasteiger partial charge < -0.3 is 9.84 Å². The van der Waals surface area contributed by atoms with Crippen molar-refractivity contribution in [3.8, 4) is 5.75 Å². The van der Waals surface area contributed by atoms with Gasteiger partial charge in [-0.2, -0.15) is 0 Å². The van der Waals surface area contributed by atoms with Gasteiger partial charge in [0.2, 0.25) is 0 Å². The third-order valence-corrected chi connectivity index (χ3v) is 5.71. The zero-order valence-electron chi connectivity index (χ0n) is 12.0. The van der Waals surface area contributed by atoms with Crippen molar-refractivity contribution in [3.63, 3.8) is 0 Å².